The van der Waals surface area contributed by atoms with Gasteiger partial charge in [-0.2, -0.15) is 0 Å². The summed E-state index contributed by atoms with van der Waals surface area (Å²) in [6.07, 6.45) is 0. The molecule has 0 bridgehead atoms. The third kappa shape index (κ3) is 3.35. The zero-order chi connectivity index (χ0) is 13.9. The molecule has 0 unspecified atom stereocenters. The van der Waals surface area contributed by atoms with Gasteiger partial charge >= 0.3 is 0 Å². The van der Waals surface area contributed by atoms with Crippen molar-refractivity contribution in [2.75, 3.05) is 0 Å². The molecule has 0 amide bonds. The first-order valence-corrected chi connectivity index (χ1v) is 8.23. The van der Waals surface area contributed by atoms with Crippen LogP contribution in [0.4, 0.5) is 0 Å². The molecule has 3 nitrogen and oxygen atoms in total. The quantitative estimate of drug-likeness (QED) is 0.595. The van der Waals surface area contributed by atoms with Crippen LogP contribution in [0.15, 0.2) is 46.0 Å². The number of rotatable bonds is 4. The van der Waals surface area contributed by atoms with Crippen LogP contribution in [0.2, 0.25) is 9.36 Å². The summed E-state index contributed by atoms with van der Waals surface area (Å²) in [6, 6.07) is 11.2. The second kappa shape index (κ2) is 6.18. The molecule has 0 saturated carbocycles. The van der Waals surface area contributed by atoms with Crippen LogP contribution < -0.4 is 0 Å². The lowest BCUT2D eigenvalue weighted by Crippen LogP contribution is -1.76. The Balaban J connectivity index is 1.69. The van der Waals surface area contributed by atoms with E-state index >= 15 is 0 Å². The van der Waals surface area contributed by atoms with Crippen molar-refractivity contribution in [3.63, 3.8) is 0 Å². The molecule has 0 fully saturated rings. The molecule has 2 aromatic heterocycles. The number of thiophene rings is 1. The Bertz CT molecular complexity index is 709. The first-order valence-electron chi connectivity index (χ1n) is 5.67. The molecule has 0 aliphatic rings. The summed E-state index contributed by atoms with van der Waals surface area (Å²) >= 11 is 14.8. The van der Waals surface area contributed by atoms with Crippen molar-refractivity contribution >= 4 is 46.3 Å². The summed E-state index contributed by atoms with van der Waals surface area (Å²) in [6.45, 7) is 0. The van der Waals surface area contributed by atoms with Crippen molar-refractivity contribution in [3.8, 4) is 11.5 Å². The van der Waals surface area contributed by atoms with Crippen molar-refractivity contribution in [2.45, 2.75) is 11.0 Å². The van der Waals surface area contributed by atoms with E-state index in [9.17, 15) is 0 Å². The van der Waals surface area contributed by atoms with Gasteiger partial charge in [-0.15, -0.1) is 21.5 Å². The molecule has 1 aromatic carbocycles. The predicted molar refractivity (Wildman–Crippen MR) is 83.6 cm³/mol. The Morgan fingerprint density at radius 3 is 2.55 bits per heavy atom. The van der Waals surface area contributed by atoms with Gasteiger partial charge in [-0.1, -0.05) is 35.0 Å². The number of thioether (sulfide) groups is 1. The second-order valence-electron chi connectivity index (χ2n) is 3.87. The number of hydrogen-bond donors (Lipinski definition) is 0. The molecule has 0 atom stereocenters. The van der Waals surface area contributed by atoms with Crippen molar-refractivity contribution in [1.82, 2.24) is 10.2 Å². The van der Waals surface area contributed by atoms with Gasteiger partial charge in [0.25, 0.3) is 5.22 Å². The van der Waals surface area contributed by atoms with E-state index in [1.54, 1.807) is 23.5 Å². The van der Waals surface area contributed by atoms with E-state index in [0.717, 1.165) is 15.7 Å². The average molecular weight is 343 g/mol. The van der Waals surface area contributed by atoms with Gasteiger partial charge < -0.3 is 4.42 Å². The highest BCUT2D eigenvalue weighted by Crippen LogP contribution is 2.30. The summed E-state index contributed by atoms with van der Waals surface area (Å²) in [5, 5.41) is 9.27. The molecule has 3 rings (SSSR count). The van der Waals surface area contributed by atoms with Gasteiger partial charge in [-0.05, 0) is 36.4 Å². The minimum absolute atomic E-state index is 0.494. The molecule has 0 aliphatic carbocycles. The van der Waals surface area contributed by atoms with E-state index in [-0.39, 0.29) is 0 Å². The van der Waals surface area contributed by atoms with Crippen LogP contribution in [0.1, 0.15) is 4.88 Å². The molecule has 20 heavy (non-hydrogen) atoms. The molecule has 102 valence electrons. The molecule has 0 N–H and O–H groups in total. The maximum Gasteiger partial charge on any atom is 0.277 e. The second-order valence-corrected chi connectivity index (χ2v) is 7.04. The lowest BCUT2D eigenvalue weighted by atomic mass is 10.2. The lowest BCUT2D eigenvalue weighted by Gasteiger charge is -1.94. The molecular formula is C13H8Cl2N2OS2. The van der Waals surface area contributed by atoms with Crippen molar-refractivity contribution < 1.29 is 4.42 Å². The Morgan fingerprint density at radius 1 is 1.05 bits per heavy atom. The molecule has 3 aromatic rings. The van der Waals surface area contributed by atoms with Gasteiger partial charge in [0.15, 0.2) is 0 Å². The summed E-state index contributed by atoms with van der Waals surface area (Å²) in [5.74, 6) is 1.26. The Kier molecular flexibility index (Phi) is 4.31. The SMILES string of the molecule is Clc1ccc(-c2nnc(SCc3ccc(Cl)s3)o2)cc1. The zero-order valence-electron chi connectivity index (χ0n) is 10.0. The number of benzene rings is 1. The zero-order valence-corrected chi connectivity index (χ0v) is 13.2. The maximum atomic E-state index is 5.89. The highest BCUT2D eigenvalue weighted by molar-refractivity contribution is 7.98. The van der Waals surface area contributed by atoms with Gasteiger partial charge in [0, 0.05) is 21.2 Å². The summed E-state index contributed by atoms with van der Waals surface area (Å²) < 4.78 is 6.39. The largest absolute Gasteiger partial charge is 0.411 e. The van der Waals surface area contributed by atoms with Crippen LogP contribution in [0.3, 0.4) is 0 Å². The Labute approximate surface area is 133 Å². The van der Waals surface area contributed by atoms with Crippen LogP contribution in [-0.4, -0.2) is 10.2 Å². The van der Waals surface area contributed by atoms with Crippen molar-refractivity contribution in [1.29, 1.82) is 0 Å². The monoisotopic (exact) mass is 342 g/mol. The van der Waals surface area contributed by atoms with E-state index in [1.165, 1.54) is 16.6 Å². The Morgan fingerprint density at radius 2 is 1.85 bits per heavy atom. The third-order valence-electron chi connectivity index (χ3n) is 2.46. The molecule has 7 heteroatoms. The van der Waals surface area contributed by atoms with E-state index < -0.39 is 0 Å². The molecule has 0 aliphatic heterocycles. The number of nitrogens with zero attached hydrogens (tertiary/aromatic N) is 2. The maximum absolute atomic E-state index is 5.89. The van der Waals surface area contributed by atoms with E-state index in [0.29, 0.717) is 16.1 Å². The highest BCUT2D eigenvalue weighted by Gasteiger charge is 2.09. The normalized spacial score (nSPS) is 10.9. The number of halogens is 2. The average Bonchev–Trinajstić information content (AvgIpc) is 3.06. The summed E-state index contributed by atoms with van der Waals surface area (Å²) in [5.41, 5.74) is 0.855. The lowest BCUT2D eigenvalue weighted by molar-refractivity contribution is 0.466. The van der Waals surface area contributed by atoms with E-state index in [4.69, 9.17) is 27.6 Å². The molecular weight excluding hydrogens is 335 g/mol. The molecule has 0 saturated heterocycles. The highest BCUT2D eigenvalue weighted by atomic mass is 35.5. The topological polar surface area (TPSA) is 38.9 Å². The van der Waals surface area contributed by atoms with Crippen LogP contribution in [-0.2, 0) is 5.75 Å². The fourth-order valence-electron chi connectivity index (χ4n) is 1.54. The summed E-state index contributed by atoms with van der Waals surface area (Å²) in [4.78, 5) is 1.17. The van der Waals surface area contributed by atoms with Crippen LogP contribution in [0.25, 0.3) is 11.5 Å². The Hall–Kier alpha value is -1.01. The minimum Gasteiger partial charge on any atom is -0.411 e. The number of aromatic nitrogens is 2. The standard InChI is InChI=1S/C13H8Cl2N2OS2/c14-9-3-1-8(2-4-9)12-16-17-13(18-12)19-7-10-5-6-11(15)20-10/h1-6H,7H2. The molecule has 0 radical (unpaired) electrons. The molecule has 2 heterocycles. The van der Waals surface area contributed by atoms with Crippen molar-refractivity contribution in [3.05, 3.63) is 50.6 Å². The van der Waals surface area contributed by atoms with Gasteiger partial charge in [-0.25, -0.2) is 0 Å². The first kappa shape index (κ1) is 13.9. The van der Waals surface area contributed by atoms with Crippen LogP contribution >= 0.6 is 46.3 Å². The predicted octanol–water partition coefficient (Wildman–Crippen LogP) is 5.40. The van der Waals surface area contributed by atoms with Gasteiger partial charge in [0.1, 0.15) is 0 Å². The van der Waals surface area contributed by atoms with Gasteiger partial charge in [-0.3, -0.25) is 0 Å². The first-order chi connectivity index (χ1) is 9.70. The van der Waals surface area contributed by atoms with Crippen molar-refractivity contribution in [2.24, 2.45) is 0 Å². The van der Waals surface area contributed by atoms with Gasteiger partial charge in [0.05, 0.1) is 4.34 Å². The number of hydrogen-bond acceptors (Lipinski definition) is 5. The summed E-state index contributed by atoms with van der Waals surface area (Å²) in [7, 11) is 0. The fourth-order valence-corrected chi connectivity index (χ4v) is 3.56. The van der Waals surface area contributed by atoms with E-state index in [1.807, 2.05) is 24.3 Å². The van der Waals surface area contributed by atoms with Gasteiger partial charge in [0.2, 0.25) is 5.89 Å². The fraction of sp³-hybridized carbons (Fsp3) is 0.0769. The van der Waals surface area contributed by atoms with Crippen LogP contribution in [0.5, 0.6) is 0 Å². The third-order valence-corrected chi connectivity index (χ3v) is 5.00. The van der Waals surface area contributed by atoms with Crippen LogP contribution in [0, 0.1) is 0 Å². The van der Waals surface area contributed by atoms with E-state index in [2.05, 4.69) is 10.2 Å². The molecule has 0 spiro atoms. The smallest absolute Gasteiger partial charge is 0.277 e. The minimum atomic E-state index is 0.494.